The number of rotatable bonds is 2. The molecule has 4 nitrogen and oxygen atoms in total. The Morgan fingerprint density at radius 3 is 1.70 bits per heavy atom. The van der Waals surface area contributed by atoms with E-state index >= 15 is 0 Å². The van der Waals surface area contributed by atoms with E-state index in [1.165, 1.54) is 41.5 Å². The van der Waals surface area contributed by atoms with Gasteiger partial charge < -0.3 is 0 Å². The first-order valence-corrected chi connectivity index (χ1v) is 9.17. The molecule has 0 saturated carbocycles. The highest BCUT2D eigenvalue weighted by Crippen LogP contribution is 2.39. The van der Waals surface area contributed by atoms with E-state index in [0.29, 0.717) is 0 Å². The summed E-state index contributed by atoms with van der Waals surface area (Å²) in [5, 5.41) is 9.01. The van der Waals surface area contributed by atoms with E-state index in [-0.39, 0.29) is 0 Å². The lowest BCUT2D eigenvalue weighted by Gasteiger charge is -2.08. The summed E-state index contributed by atoms with van der Waals surface area (Å²) in [4.78, 5) is 0. The smallest absolute Gasteiger partial charge is 0.216 e. The van der Waals surface area contributed by atoms with Crippen molar-refractivity contribution in [2.75, 3.05) is 0 Å². The van der Waals surface area contributed by atoms with Crippen molar-refractivity contribution in [2.45, 2.75) is 19.3 Å². The average Bonchev–Trinajstić information content (AvgIpc) is 2.97. The molecule has 0 unspecified atom stereocenters. The lowest BCUT2D eigenvalue weighted by atomic mass is 9.97. The highest BCUT2D eigenvalue weighted by atomic mass is 35.5. The van der Waals surface area contributed by atoms with Crippen LogP contribution in [-0.2, 0) is 10.2 Å². The normalized spacial score (nSPS) is 14.4. The summed E-state index contributed by atoms with van der Waals surface area (Å²) < 4.78 is 18.4. The quantitative estimate of drug-likeness (QED) is 0.867. The lowest BCUT2D eigenvalue weighted by molar-refractivity contribution is 0.599. The Balaban J connectivity index is 0.000000338. The zero-order chi connectivity index (χ0) is 16.9. The van der Waals surface area contributed by atoms with Gasteiger partial charge in [0.05, 0.1) is 0 Å². The van der Waals surface area contributed by atoms with Gasteiger partial charge in [-0.25, -0.2) is 10.3 Å². The summed E-state index contributed by atoms with van der Waals surface area (Å²) in [6.07, 6.45) is 3.61. The molecule has 2 aromatic rings. The molecule has 0 radical (unpaired) electrons. The molecular formula is C17H19ClN2O2S. The third-order valence-corrected chi connectivity index (χ3v) is 3.78. The number of nitrogens with two attached hydrogens (primary N) is 2. The molecule has 2 aromatic carbocycles. The van der Waals surface area contributed by atoms with Gasteiger partial charge in [-0.1, -0.05) is 54.1 Å². The van der Waals surface area contributed by atoms with Crippen LogP contribution in [0.5, 0.6) is 0 Å². The minimum atomic E-state index is -3.67. The monoisotopic (exact) mass is 350 g/mol. The third-order valence-electron chi connectivity index (χ3n) is 3.53. The second kappa shape index (κ2) is 7.75. The van der Waals surface area contributed by atoms with Crippen LogP contribution in [0.15, 0.2) is 54.6 Å². The van der Waals surface area contributed by atoms with Crippen molar-refractivity contribution < 1.29 is 8.42 Å². The standard InChI is InChI=1S/C17H15Cl.H4N2O2S/c18-15-11-9-14(10-12-15)17-8-4-7-16(17)13-5-2-1-3-6-13;1-5(2,3)4/h1-3,5-6,9-12H,4,7-8H2;(H4,1,2,3,4). The van der Waals surface area contributed by atoms with Gasteiger partial charge in [-0.2, -0.15) is 8.42 Å². The Morgan fingerprint density at radius 2 is 1.22 bits per heavy atom. The topological polar surface area (TPSA) is 86.2 Å². The molecule has 0 bridgehead atoms. The molecule has 122 valence electrons. The van der Waals surface area contributed by atoms with Gasteiger partial charge in [0, 0.05) is 5.02 Å². The van der Waals surface area contributed by atoms with Gasteiger partial charge in [0.1, 0.15) is 0 Å². The molecule has 1 aliphatic carbocycles. The van der Waals surface area contributed by atoms with Crippen molar-refractivity contribution >= 4 is 33.0 Å². The van der Waals surface area contributed by atoms with Gasteiger partial charge in [0.15, 0.2) is 0 Å². The van der Waals surface area contributed by atoms with Crippen LogP contribution in [0.2, 0.25) is 5.02 Å². The van der Waals surface area contributed by atoms with Gasteiger partial charge >= 0.3 is 0 Å². The highest BCUT2D eigenvalue weighted by molar-refractivity contribution is 7.86. The van der Waals surface area contributed by atoms with E-state index in [9.17, 15) is 8.42 Å². The average molecular weight is 351 g/mol. The largest absolute Gasteiger partial charge is 0.271 e. The fourth-order valence-corrected chi connectivity index (χ4v) is 2.80. The Labute approximate surface area is 142 Å². The predicted molar refractivity (Wildman–Crippen MR) is 95.9 cm³/mol. The van der Waals surface area contributed by atoms with Crippen molar-refractivity contribution in [3.63, 3.8) is 0 Å². The second-order valence-corrected chi connectivity index (χ2v) is 6.89. The minimum absolute atomic E-state index is 0.804. The molecule has 6 heteroatoms. The van der Waals surface area contributed by atoms with Gasteiger partial charge in [-0.3, -0.25) is 0 Å². The van der Waals surface area contributed by atoms with Crippen LogP contribution >= 0.6 is 11.6 Å². The number of hydrogen-bond acceptors (Lipinski definition) is 2. The van der Waals surface area contributed by atoms with Gasteiger partial charge in [-0.05, 0) is 53.7 Å². The summed E-state index contributed by atoms with van der Waals surface area (Å²) in [6, 6.07) is 18.9. The molecule has 3 rings (SSSR count). The SMILES string of the molecule is Clc1ccc(C2=C(c3ccccc3)CCC2)cc1.NS(N)(=O)=O. The fourth-order valence-electron chi connectivity index (χ4n) is 2.67. The minimum Gasteiger partial charge on any atom is -0.216 e. The number of halogens is 1. The zero-order valence-corrected chi connectivity index (χ0v) is 14.1. The molecule has 0 saturated heterocycles. The van der Waals surface area contributed by atoms with E-state index in [2.05, 4.69) is 52.7 Å². The van der Waals surface area contributed by atoms with Crippen molar-refractivity contribution in [1.82, 2.24) is 0 Å². The molecule has 0 aliphatic heterocycles. The third kappa shape index (κ3) is 5.80. The Morgan fingerprint density at radius 1 is 0.783 bits per heavy atom. The van der Waals surface area contributed by atoms with Crippen molar-refractivity contribution in [2.24, 2.45) is 10.3 Å². The summed E-state index contributed by atoms with van der Waals surface area (Å²) in [5.41, 5.74) is 5.66. The molecule has 23 heavy (non-hydrogen) atoms. The van der Waals surface area contributed by atoms with Crippen molar-refractivity contribution in [3.05, 3.63) is 70.7 Å². The zero-order valence-electron chi connectivity index (χ0n) is 12.6. The first kappa shape index (κ1) is 17.7. The molecule has 0 heterocycles. The molecule has 4 N–H and O–H groups in total. The maximum absolute atomic E-state index is 9.19. The van der Waals surface area contributed by atoms with E-state index in [0.717, 1.165) is 5.02 Å². The highest BCUT2D eigenvalue weighted by Gasteiger charge is 2.17. The lowest BCUT2D eigenvalue weighted by Crippen LogP contribution is -2.21. The Bertz CT molecular complexity index is 777. The predicted octanol–water partition coefficient (Wildman–Crippen LogP) is 3.58. The van der Waals surface area contributed by atoms with E-state index in [1.54, 1.807) is 0 Å². The van der Waals surface area contributed by atoms with Gasteiger partial charge in [0.2, 0.25) is 0 Å². The van der Waals surface area contributed by atoms with Gasteiger partial charge in [0.25, 0.3) is 10.2 Å². The maximum atomic E-state index is 9.19. The Hall–Kier alpha value is -1.66. The summed E-state index contributed by atoms with van der Waals surface area (Å²) in [7, 11) is -3.67. The van der Waals surface area contributed by atoms with Crippen LogP contribution in [0, 0.1) is 0 Å². The van der Waals surface area contributed by atoms with E-state index < -0.39 is 10.2 Å². The Kier molecular flexibility index (Phi) is 5.96. The van der Waals surface area contributed by atoms with Crippen LogP contribution in [-0.4, -0.2) is 8.42 Å². The van der Waals surface area contributed by atoms with E-state index in [4.69, 9.17) is 11.6 Å². The molecule has 0 spiro atoms. The molecule has 1 aliphatic rings. The van der Waals surface area contributed by atoms with Crippen molar-refractivity contribution in [1.29, 1.82) is 0 Å². The number of benzene rings is 2. The number of hydrogen-bond donors (Lipinski definition) is 2. The molecule has 0 atom stereocenters. The van der Waals surface area contributed by atoms with Gasteiger partial charge in [-0.15, -0.1) is 0 Å². The molecule has 0 aromatic heterocycles. The summed E-state index contributed by atoms with van der Waals surface area (Å²) in [6.45, 7) is 0. The van der Waals surface area contributed by atoms with Crippen molar-refractivity contribution in [3.8, 4) is 0 Å². The summed E-state index contributed by atoms with van der Waals surface area (Å²) >= 11 is 5.96. The van der Waals surface area contributed by atoms with E-state index in [1.807, 2.05) is 12.1 Å². The first-order chi connectivity index (χ1) is 10.8. The van der Waals surface area contributed by atoms with Crippen LogP contribution in [0.1, 0.15) is 30.4 Å². The van der Waals surface area contributed by atoms with Crippen LogP contribution in [0.4, 0.5) is 0 Å². The fraction of sp³-hybridized carbons (Fsp3) is 0.176. The molecule has 0 fully saturated rings. The summed E-state index contributed by atoms with van der Waals surface area (Å²) in [5.74, 6) is 0. The molecule has 0 amide bonds. The first-order valence-electron chi connectivity index (χ1n) is 7.18. The number of allylic oxidation sites excluding steroid dienone is 2. The van der Waals surface area contributed by atoms with Crippen LogP contribution in [0.3, 0.4) is 0 Å². The maximum Gasteiger partial charge on any atom is 0.271 e. The molecular weight excluding hydrogens is 332 g/mol. The van der Waals surface area contributed by atoms with Crippen LogP contribution in [0.25, 0.3) is 11.1 Å². The second-order valence-electron chi connectivity index (χ2n) is 5.27. The van der Waals surface area contributed by atoms with Crippen LogP contribution < -0.4 is 10.3 Å².